The van der Waals surface area contributed by atoms with Crippen molar-refractivity contribution in [3.63, 3.8) is 0 Å². The molecule has 1 aromatic heterocycles. The molecule has 0 radical (unpaired) electrons. The van der Waals surface area contributed by atoms with Gasteiger partial charge in [-0.2, -0.15) is 0 Å². The molecule has 1 aliphatic heterocycles. The minimum absolute atomic E-state index is 0.0294. The molecule has 0 aliphatic carbocycles. The Morgan fingerprint density at radius 1 is 1.12 bits per heavy atom. The molecule has 0 unspecified atom stereocenters. The maximum Gasteiger partial charge on any atom is 0.272 e. The first-order chi connectivity index (χ1) is 11.4. The third-order valence-corrected chi connectivity index (χ3v) is 4.08. The number of benzene rings is 1. The molecule has 3 nitrogen and oxygen atoms in total. The Balaban J connectivity index is 1.72. The molecule has 0 spiro atoms. The molecule has 0 atom stereocenters. The van der Waals surface area contributed by atoms with Gasteiger partial charge in [0.2, 0.25) is 0 Å². The van der Waals surface area contributed by atoms with Gasteiger partial charge in [-0.15, -0.1) is 0 Å². The van der Waals surface area contributed by atoms with Gasteiger partial charge in [0.15, 0.2) is 0 Å². The zero-order valence-electron chi connectivity index (χ0n) is 13.0. The molecule has 126 valence electrons. The van der Waals surface area contributed by atoms with Crippen molar-refractivity contribution in [1.82, 2.24) is 9.88 Å². The maximum absolute atomic E-state index is 13.2. The number of rotatable bonds is 3. The number of aromatic nitrogens is 1. The summed E-state index contributed by atoms with van der Waals surface area (Å²) in [5, 5.41) is 0. The van der Waals surface area contributed by atoms with Crippen LogP contribution in [0.4, 0.5) is 13.2 Å². The predicted molar refractivity (Wildman–Crippen MR) is 83.5 cm³/mol. The Kier molecular flexibility index (Phi) is 4.55. The van der Waals surface area contributed by atoms with Crippen LogP contribution in [0, 0.1) is 5.82 Å². The van der Waals surface area contributed by atoms with Crippen LogP contribution in [0.15, 0.2) is 42.5 Å². The molecule has 1 aromatic carbocycles. The fourth-order valence-corrected chi connectivity index (χ4v) is 2.75. The van der Waals surface area contributed by atoms with Gasteiger partial charge in [0.25, 0.3) is 11.8 Å². The lowest BCUT2D eigenvalue weighted by atomic mass is 10.1. The fourth-order valence-electron chi connectivity index (χ4n) is 2.75. The second kappa shape index (κ2) is 6.63. The van der Waals surface area contributed by atoms with E-state index >= 15 is 0 Å². The van der Waals surface area contributed by atoms with Gasteiger partial charge in [-0.05, 0) is 29.8 Å². The van der Waals surface area contributed by atoms with Crippen LogP contribution in [0.25, 0.3) is 0 Å². The number of pyridine rings is 1. The van der Waals surface area contributed by atoms with Gasteiger partial charge in [0.1, 0.15) is 11.5 Å². The summed E-state index contributed by atoms with van der Waals surface area (Å²) < 4.78 is 39.6. The summed E-state index contributed by atoms with van der Waals surface area (Å²) in [6.07, 6.45) is -0.236. The van der Waals surface area contributed by atoms with Gasteiger partial charge < -0.3 is 4.90 Å². The van der Waals surface area contributed by atoms with Crippen LogP contribution in [0.2, 0.25) is 0 Å². The molecule has 0 N–H and O–H groups in total. The number of halogens is 3. The lowest BCUT2D eigenvalue weighted by Gasteiger charge is -2.31. The summed E-state index contributed by atoms with van der Waals surface area (Å²) >= 11 is 0. The highest BCUT2D eigenvalue weighted by atomic mass is 19.3. The van der Waals surface area contributed by atoms with Crippen molar-refractivity contribution in [2.45, 2.75) is 25.2 Å². The first-order valence-electron chi connectivity index (χ1n) is 7.80. The van der Waals surface area contributed by atoms with Crippen LogP contribution in [0.3, 0.4) is 0 Å². The monoisotopic (exact) mass is 334 g/mol. The van der Waals surface area contributed by atoms with Crippen LogP contribution in [0.1, 0.15) is 34.6 Å². The number of hydrogen-bond acceptors (Lipinski definition) is 2. The van der Waals surface area contributed by atoms with Crippen molar-refractivity contribution in [3.05, 3.63) is 65.2 Å². The van der Waals surface area contributed by atoms with E-state index in [0.29, 0.717) is 12.1 Å². The smallest absolute Gasteiger partial charge is 0.272 e. The molecule has 2 aromatic rings. The third kappa shape index (κ3) is 3.93. The largest absolute Gasteiger partial charge is 0.337 e. The summed E-state index contributed by atoms with van der Waals surface area (Å²) in [4.78, 5) is 18.1. The highest BCUT2D eigenvalue weighted by Gasteiger charge is 2.36. The quantitative estimate of drug-likeness (QED) is 0.858. The maximum atomic E-state index is 13.2. The lowest BCUT2D eigenvalue weighted by molar-refractivity contribution is -0.0495. The zero-order chi connectivity index (χ0) is 17.2. The summed E-state index contributed by atoms with van der Waals surface area (Å²) in [5.74, 6) is -3.36. The van der Waals surface area contributed by atoms with E-state index in [9.17, 15) is 18.0 Å². The first-order valence-corrected chi connectivity index (χ1v) is 7.80. The fraction of sp³-hybridized carbons (Fsp3) is 0.333. The Labute approximate surface area is 138 Å². The number of alkyl halides is 2. The predicted octanol–water partition coefficient (Wildman–Crippen LogP) is 3.68. The Morgan fingerprint density at radius 2 is 1.83 bits per heavy atom. The molecule has 1 aliphatic rings. The summed E-state index contributed by atoms with van der Waals surface area (Å²) in [6, 6.07) is 11.2. The van der Waals surface area contributed by atoms with Crippen LogP contribution in [-0.2, 0) is 6.42 Å². The Morgan fingerprint density at radius 3 is 2.54 bits per heavy atom. The van der Waals surface area contributed by atoms with Gasteiger partial charge >= 0.3 is 0 Å². The van der Waals surface area contributed by atoms with Crippen molar-refractivity contribution in [1.29, 1.82) is 0 Å². The molecule has 2 heterocycles. The van der Waals surface area contributed by atoms with Crippen molar-refractivity contribution >= 4 is 5.91 Å². The van der Waals surface area contributed by atoms with E-state index in [2.05, 4.69) is 4.98 Å². The molecular weight excluding hydrogens is 317 g/mol. The van der Waals surface area contributed by atoms with Crippen molar-refractivity contribution in [2.75, 3.05) is 13.1 Å². The van der Waals surface area contributed by atoms with E-state index in [1.54, 1.807) is 30.3 Å². The summed E-state index contributed by atoms with van der Waals surface area (Å²) in [6.45, 7) is 0.0588. The van der Waals surface area contributed by atoms with E-state index in [1.807, 2.05) is 0 Å². The Hall–Kier alpha value is -2.37. The third-order valence-electron chi connectivity index (χ3n) is 4.08. The first kappa shape index (κ1) is 16.5. The number of hydrogen-bond donors (Lipinski definition) is 0. The molecule has 0 bridgehead atoms. The lowest BCUT2D eigenvalue weighted by Crippen LogP contribution is -2.43. The SMILES string of the molecule is O=C(c1cccc(Cc2cccc(F)c2)n1)N1CCC(F)(F)CC1. The topological polar surface area (TPSA) is 33.2 Å². The van der Waals surface area contributed by atoms with E-state index in [1.165, 1.54) is 17.0 Å². The number of nitrogens with zero attached hydrogens (tertiary/aromatic N) is 2. The number of likely N-dealkylation sites (tertiary alicyclic amines) is 1. The minimum atomic E-state index is -2.69. The normalized spacial score (nSPS) is 16.9. The molecule has 0 saturated carbocycles. The number of carbonyl (C=O) groups is 1. The highest BCUT2D eigenvalue weighted by Crippen LogP contribution is 2.28. The van der Waals surface area contributed by atoms with Gasteiger partial charge in [-0.25, -0.2) is 18.2 Å². The average molecular weight is 334 g/mol. The molecule has 3 rings (SSSR count). The van der Waals surface area contributed by atoms with Gasteiger partial charge in [0, 0.05) is 38.0 Å². The van der Waals surface area contributed by atoms with Gasteiger partial charge in [-0.3, -0.25) is 4.79 Å². The molecule has 1 fully saturated rings. The molecular formula is C18H17F3N2O. The summed E-state index contributed by atoms with van der Waals surface area (Å²) in [7, 11) is 0. The number of carbonyl (C=O) groups excluding carboxylic acids is 1. The molecule has 1 saturated heterocycles. The number of amides is 1. The van der Waals surface area contributed by atoms with E-state index in [-0.39, 0.29) is 43.3 Å². The second-order valence-corrected chi connectivity index (χ2v) is 5.97. The van der Waals surface area contributed by atoms with Crippen molar-refractivity contribution in [3.8, 4) is 0 Å². The standard InChI is InChI=1S/C18H17F3N2O/c19-14-4-1-3-13(11-14)12-15-5-2-6-16(22-15)17(24)23-9-7-18(20,21)8-10-23/h1-6,11H,7-10,12H2. The second-order valence-electron chi connectivity index (χ2n) is 5.97. The minimum Gasteiger partial charge on any atom is -0.337 e. The Bertz CT molecular complexity index is 739. The van der Waals surface area contributed by atoms with E-state index in [4.69, 9.17) is 0 Å². The van der Waals surface area contributed by atoms with Crippen LogP contribution >= 0.6 is 0 Å². The molecule has 6 heteroatoms. The number of piperidine rings is 1. The van der Waals surface area contributed by atoms with E-state index < -0.39 is 5.92 Å². The van der Waals surface area contributed by atoms with Crippen molar-refractivity contribution in [2.24, 2.45) is 0 Å². The molecule has 1 amide bonds. The van der Waals surface area contributed by atoms with Crippen LogP contribution in [-0.4, -0.2) is 34.8 Å². The zero-order valence-corrected chi connectivity index (χ0v) is 13.0. The van der Waals surface area contributed by atoms with Crippen molar-refractivity contribution < 1.29 is 18.0 Å². The van der Waals surface area contributed by atoms with Gasteiger partial charge in [0.05, 0.1) is 0 Å². The van der Waals surface area contributed by atoms with Gasteiger partial charge in [-0.1, -0.05) is 18.2 Å². The average Bonchev–Trinajstić information content (AvgIpc) is 2.54. The molecule has 24 heavy (non-hydrogen) atoms. The highest BCUT2D eigenvalue weighted by molar-refractivity contribution is 5.92. The van der Waals surface area contributed by atoms with Crippen LogP contribution < -0.4 is 0 Å². The van der Waals surface area contributed by atoms with E-state index in [0.717, 1.165) is 5.56 Å². The van der Waals surface area contributed by atoms with Crippen LogP contribution in [0.5, 0.6) is 0 Å². The summed E-state index contributed by atoms with van der Waals surface area (Å²) in [5.41, 5.74) is 1.62.